The van der Waals surface area contributed by atoms with E-state index in [1.807, 2.05) is 0 Å². The Kier molecular flexibility index (Phi) is 54.4. The predicted octanol–water partition coefficient (Wildman–Crippen LogP) is -0.566. The highest BCUT2D eigenvalue weighted by atomic mass is 16.6. The molecule has 0 radical (unpaired) electrons. The highest BCUT2D eigenvalue weighted by Crippen LogP contribution is 2.18. The molecule has 0 saturated carbocycles. The molecule has 0 spiro atoms. The minimum absolute atomic E-state index is 0.0249. The molecular formula is C65H112N8O26. The van der Waals surface area contributed by atoms with Crippen molar-refractivity contribution in [2.75, 3.05) is 237 Å². The number of carbonyl (C=O) groups excluding carboxylic acids is 9. The first-order valence-corrected chi connectivity index (χ1v) is 33.7. The molecule has 0 bridgehead atoms. The first kappa shape index (κ1) is 88.9. The van der Waals surface area contributed by atoms with Gasteiger partial charge < -0.3 is 118 Å². The molecule has 8 N–H and O–H groups in total. The van der Waals surface area contributed by atoms with Crippen molar-refractivity contribution >= 4 is 59.0 Å². The monoisotopic (exact) mass is 1420 g/mol. The summed E-state index contributed by atoms with van der Waals surface area (Å²) in [4.78, 5) is 116. The second-order valence-electron chi connectivity index (χ2n) is 22.3. The molecule has 2 unspecified atom stereocenters. The number of nitrogens with two attached hydrogens (primary N) is 1. The van der Waals surface area contributed by atoms with Gasteiger partial charge in [-0.2, -0.15) is 0 Å². The summed E-state index contributed by atoms with van der Waals surface area (Å²) >= 11 is 0. The van der Waals surface area contributed by atoms with Gasteiger partial charge in [0.05, 0.1) is 205 Å². The van der Waals surface area contributed by atoms with Crippen LogP contribution in [0.5, 0.6) is 0 Å². The molecule has 2 rings (SSSR count). The van der Waals surface area contributed by atoms with Crippen molar-refractivity contribution in [1.29, 1.82) is 0 Å². The van der Waals surface area contributed by atoms with E-state index in [0.717, 1.165) is 4.90 Å². The number of benzene rings is 1. The maximum atomic E-state index is 14.0. The lowest BCUT2D eigenvalue weighted by atomic mass is 10.0. The molecule has 0 aromatic heterocycles. The van der Waals surface area contributed by atoms with E-state index in [1.54, 1.807) is 52.1 Å². The molecular weight excluding hydrogens is 1310 g/mol. The second kappa shape index (κ2) is 60.6. The van der Waals surface area contributed by atoms with Crippen molar-refractivity contribution in [3.05, 3.63) is 29.8 Å². The number of anilines is 1. The van der Waals surface area contributed by atoms with Crippen molar-refractivity contribution in [2.45, 2.75) is 84.5 Å². The Morgan fingerprint density at radius 3 is 1.24 bits per heavy atom. The summed E-state index contributed by atoms with van der Waals surface area (Å²) in [6.45, 7) is 18.7. The number of primary amides is 1. The topological polar surface area (TPSA) is 412 Å². The van der Waals surface area contributed by atoms with Crippen LogP contribution in [0.2, 0.25) is 0 Å². The zero-order chi connectivity index (χ0) is 72.2. The van der Waals surface area contributed by atoms with Crippen molar-refractivity contribution in [3.63, 3.8) is 0 Å². The van der Waals surface area contributed by atoms with E-state index in [-0.39, 0.29) is 71.6 Å². The Morgan fingerprint density at radius 1 is 0.485 bits per heavy atom. The van der Waals surface area contributed by atoms with Crippen LogP contribution in [0.25, 0.3) is 0 Å². The molecule has 1 heterocycles. The van der Waals surface area contributed by atoms with Crippen molar-refractivity contribution < 1.29 is 124 Å². The van der Waals surface area contributed by atoms with Crippen molar-refractivity contribution in [3.8, 4) is 0 Å². The minimum atomic E-state index is -1.37. The number of nitrogens with one attached hydrogen (secondary N) is 6. The summed E-state index contributed by atoms with van der Waals surface area (Å²) in [5.41, 5.74) is 6.24. The van der Waals surface area contributed by atoms with Crippen molar-refractivity contribution in [1.82, 2.24) is 31.5 Å². The summed E-state index contributed by atoms with van der Waals surface area (Å²) in [6, 6.07) is 1.87. The predicted molar refractivity (Wildman–Crippen MR) is 355 cm³/mol. The number of hydrogen-bond acceptors (Lipinski definition) is 26. The number of ether oxygens (including phenoxy) is 17. The fourth-order valence-corrected chi connectivity index (χ4v) is 8.53. The maximum Gasteiger partial charge on any atom is 0.312 e. The van der Waals surface area contributed by atoms with E-state index in [1.165, 1.54) is 6.92 Å². The number of rotatable bonds is 67. The SMILES string of the molecule is COCCOCCOCCOCCOCCOCCOCCOCCOCCOCCOCCOCCOCCOCCOCCOCCC(=O)NCC[C@H](NC(=O)CN1C(=O)CC(C)C1=O)C(=O)N[C@H](C(=O)NC(CCCNC(N)=O)C(=O)Nc1ccc(COC(C)=O)cc1)C(C)C. The van der Waals surface area contributed by atoms with Gasteiger partial charge in [-0.3, -0.25) is 43.3 Å². The van der Waals surface area contributed by atoms with Gasteiger partial charge >= 0.3 is 12.0 Å². The van der Waals surface area contributed by atoms with Crippen LogP contribution in [0.15, 0.2) is 24.3 Å². The average molecular weight is 1420 g/mol. The quantitative estimate of drug-likeness (QED) is 0.0244. The molecule has 0 aliphatic carbocycles. The van der Waals surface area contributed by atoms with Crippen LogP contribution in [0.3, 0.4) is 0 Å². The normalized spacial score (nSPS) is 13.9. The number of urea groups is 1. The first-order valence-electron chi connectivity index (χ1n) is 33.7. The van der Waals surface area contributed by atoms with Crippen LogP contribution in [0.1, 0.15) is 65.4 Å². The lowest BCUT2D eigenvalue weighted by molar-refractivity contribution is -0.143. The smallest absolute Gasteiger partial charge is 0.312 e. The van der Waals surface area contributed by atoms with Crippen LogP contribution < -0.4 is 37.6 Å². The van der Waals surface area contributed by atoms with Gasteiger partial charge in [-0.05, 0) is 42.9 Å². The van der Waals surface area contributed by atoms with Crippen LogP contribution in [0.4, 0.5) is 10.5 Å². The molecule has 1 fully saturated rings. The molecule has 4 atom stereocenters. The highest BCUT2D eigenvalue weighted by molar-refractivity contribution is 6.06. The van der Waals surface area contributed by atoms with Gasteiger partial charge in [0.15, 0.2) is 0 Å². The van der Waals surface area contributed by atoms with Crippen LogP contribution in [-0.4, -0.2) is 308 Å². The molecule has 99 heavy (non-hydrogen) atoms. The van der Waals surface area contributed by atoms with E-state index in [4.69, 9.17) is 86.3 Å². The number of hydrogen-bond donors (Lipinski definition) is 7. The second-order valence-corrected chi connectivity index (χ2v) is 22.3. The van der Waals surface area contributed by atoms with Crippen LogP contribution >= 0.6 is 0 Å². The molecule has 1 aromatic carbocycles. The van der Waals surface area contributed by atoms with Gasteiger partial charge in [0.1, 0.15) is 31.3 Å². The lowest BCUT2D eigenvalue weighted by Crippen LogP contribution is -2.58. The van der Waals surface area contributed by atoms with E-state index >= 15 is 0 Å². The van der Waals surface area contributed by atoms with E-state index in [9.17, 15) is 43.2 Å². The zero-order valence-corrected chi connectivity index (χ0v) is 58.6. The lowest BCUT2D eigenvalue weighted by Gasteiger charge is -2.27. The number of nitrogens with zero attached hydrogens (tertiary/aromatic N) is 1. The van der Waals surface area contributed by atoms with Gasteiger partial charge in [-0.1, -0.05) is 32.9 Å². The summed E-state index contributed by atoms with van der Waals surface area (Å²) in [5, 5.41) is 15.7. The Morgan fingerprint density at radius 2 is 0.879 bits per heavy atom. The maximum absolute atomic E-state index is 14.0. The summed E-state index contributed by atoms with van der Waals surface area (Å²) in [6.07, 6.45) is -0.0304. The van der Waals surface area contributed by atoms with Crippen molar-refractivity contribution in [2.24, 2.45) is 17.6 Å². The summed E-state index contributed by atoms with van der Waals surface area (Å²) in [5.74, 6) is -6.18. The van der Waals surface area contributed by atoms with Gasteiger partial charge in [0.2, 0.25) is 41.4 Å². The van der Waals surface area contributed by atoms with Gasteiger partial charge in [0.25, 0.3) is 0 Å². The zero-order valence-electron chi connectivity index (χ0n) is 58.6. The Bertz CT molecular complexity index is 2330. The summed E-state index contributed by atoms with van der Waals surface area (Å²) < 4.78 is 92.3. The van der Waals surface area contributed by atoms with Crippen LogP contribution in [0, 0.1) is 11.8 Å². The molecule has 568 valence electrons. The number of carbonyl (C=O) groups is 9. The third kappa shape index (κ3) is 49.1. The number of amides is 9. The minimum Gasteiger partial charge on any atom is -0.461 e. The number of methoxy groups -OCH3 is 1. The fraction of sp³-hybridized carbons (Fsp3) is 0.769. The van der Waals surface area contributed by atoms with E-state index in [2.05, 4.69) is 31.9 Å². The van der Waals surface area contributed by atoms with E-state index in [0.29, 0.717) is 196 Å². The van der Waals surface area contributed by atoms with E-state index < -0.39 is 89.9 Å². The Labute approximate surface area is 581 Å². The first-order chi connectivity index (χ1) is 48.0. The van der Waals surface area contributed by atoms with Gasteiger partial charge in [0, 0.05) is 51.6 Å². The fourth-order valence-electron chi connectivity index (χ4n) is 8.53. The molecule has 1 aliphatic rings. The number of likely N-dealkylation sites (tertiary alicyclic amines) is 1. The number of imide groups is 1. The molecule has 34 heteroatoms. The Hall–Kier alpha value is -6.19. The third-order valence-corrected chi connectivity index (χ3v) is 13.8. The standard InChI is InChI=1S/C65H112N8O26/c1-50(2)60(63(80)71-55(7-6-14-68-65(66)82)61(78)69-54-10-8-53(9-11-54)49-99-52(4)74)72-62(79)56(70-58(76)48-73-59(77)47-51(3)64(73)81)12-15-67-57(75)13-16-84-19-20-86-23-24-88-27-28-90-31-32-92-35-36-94-39-40-96-43-44-98-46-45-97-42-41-95-38-37-93-34-33-91-30-29-89-26-25-87-22-21-85-18-17-83-5/h8-11,50-51,55-56,60H,6-7,12-49H2,1-5H3,(H,67,75)(H,69,78)(H,70,76)(H,71,80)(H,72,79)(H3,66,68,82)/t51?,55?,56-,60-/m0/s1. The van der Waals surface area contributed by atoms with Gasteiger partial charge in [-0.15, -0.1) is 0 Å². The van der Waals surface area contributed by atoms with Gasteiger partial charge in [-0.25, -0.2) is 4.79 Å². The van der Waals surface area contributed by atoms with Crippen LogP contribution in [-0.2, 0) is 125 Å². The highest BCUT2D eigenvalue weighted by Gasteiger charge is 2.38. The largest absolute Gasteiger partial charge is 0.461 e. The third-order valence-electron chi connectivity index (χ3n) is 13.8. The average Bonchev–Trinajstić information content (AvgIpc) is 1.84. The Balaban J connectivity index is 1.51. The molecule has 1 aromatic rings. The molecule has 34 nitrogen and oxygen atoms in total. The molecule has 1 aliphatic heterocycles. The molecule has 9 amide bonds. The molecule has 1 saturated heterocycles. The summed E-state index contributed by atoms with van der Waals surface area (Å²) in [7, 11) is 1.63. The number of esters is 1.